The summed E-state index contributed by atoms with van der Waals surface area (Å²) in [4.78, 5) is 12.7. The molecule has 0 aliphatic carbocycles. The summed E-state index contributed by atoms with van der Waals surface area (Å²) in [6, 6.07) is 4.05. The number of halogens is 2. The van der Waals surface area contributed by atoms with Crippen LogP contribution in [0.2, 0.25) is 5.02 Å². The van der Waals surface area contributed by atoms with Gasteiger partial charge in [-0.25, -0.2) is 12.8 Å². The molecule has 2 aromatic rings. The first-order valence-corrected chi connectivity index (χ1v) is 11.6. The lowest BCUT2D eigenvalue weighted by atomic mass is 9.85. The van der Waals surface area contributed by atoms with E-state index in [0.29, 0.717) is 37.2 Å². The zero-order valence-electron chi connectivity index (χ0n) is 17.1. The highest BCUT2D eigenvalue weighted by Gasteiger charge is 2.36. The minimum Gasteiger partial charge on any atom is -0.360 e. The number of aryl methyl sites for hydroxylation is 2. The Morgan fingerprint density at radius 1 is 1.37 bits per heavy atom. The molecule has 1 amide bonds. The summed E-state index contributed by atoms with van der Waals surface area (Å²) >= 11 is 6.00. The molecule has 1 saturated heterocycles. The molecule has 3 rings (SSSR count). The summed E-state index contributed by atoms with van der Waals surface area (Å²) in [5.41, 5.74) is 0.987. The van der Waals surface area contributed by atoms with Crippen LogP contribution >= 0.6 is 11.6 Å². The van der Waals surface area contributed by atoms with Crippen LogP contribution in [-0.2, 0) is 21.4 Å². The number of nitrogens with zero attached hydrogens (tertiary/aromatic N) is 2. The summed E-state index contributed by atoms with van der Waals surface area (Å²) in [6.07, 6.45) is 1.16. The first-order valence-electron chi connectivity index (χ1n) is 9.76. The average molecular weight is 458 g/mol. The van der Waals surface area contributed by atoms with E-state index in [4.69, 9.17) is 16.1 Å². The van der Waals surface area contributed by atoms with Crippen LogP contribution in [0.4, 0.5) is 4.39 Å². The number of amides is 1. The molecule has 1 atom stereocenters. The number of carbonyl (C=O) groups excluding carboxylic acids is 1. The van der Waals surface area contributed by atoms with E-state index < -0.39 is 15.8 Å². The van der Waals surface area contributed by atoms with Crippen LogP contribution in [0, 0.1) is 31.5 Å². The number of carbonyl (C=O) groups is 1. The molecule has 1 aromatic carbocycles. The van der Waals surface area contributed by atoms with E-state index in [1.165, 1.54) is 16.4 Å². The average Bonchev–Trinajstić information content (AvgIpc) is 3.05. The number of piperidine rings is 1. The van der Waals surface area contributed by atoms with E-state index in [0.717, 1.165) is 0 Å². The quantitative estimate of drug-likeness (QED) is 0.717. The molecular weight excluding hydrogens is 433 g/mol. The third-order valence-electron chi connectivity index (χ3n) is 5.65. The molecule has 1 aliphatic heterocycles. The first-order chi connectivity index (χ1) is 14.1. The Balaban J connectivity index is 1.57. The molecule has 0 bridgehead atoms. The van der Waals surface area contributed by atoms with Crippen LogP contribution in [-0.4, -0.2) is 36.9 Å². The van der Waals surface area contributed by atoms with Crippen LogP contribution < -0.4 is 5.32 Å². The minimum absolute atomic E-state index is 0.0600. The van der Waals surface area contributed by atoms with E-state index in [1.54, 1.807) is 19.9 Å². The topological polar surface area (TPSA) is 92.5 Å². The molecule has 1 N–H and O–H groups in total. The second kappa shape index (κ2) is 9.03. The largest absolute Gasteiger partial charge is 0.360 e. The van der Waals surface area contributed by atoms with Gasteiger partial charge < -0.3 is 9.84 Å². The fraction of sp³-hybridized carbons (Fsp3) is 0.500. The van der Waals surface area contributed by atoms with Crippen LogP contribution in [0.15, 0.2) is 27.6 Å². The number of hydrogen-bond donors (Lipinski definition) is 1. The molecule has 1 aromatic heterocycles. The van der Waals surface area contributed by atoms with E-state index in [2.05, 4.69) is 10.5 Å². The molecule has 0 spiro atoms. The van der Waals surface area contributed by atoms with Crippen molar-refractivity contribution in [3.63, 3.8) is 0 Å². The van der Waals surface area contributed by atoms with Gasteiger partial charge in [0.1, 0.15) is 16.4 Å². The van der Waals surface area contributed by atoms with Gasteiger partial charge in [-0.05, 0) is 50.3 Å². The lowest BCUT2D eigenvalue weighted by Crippen LogP contribution is -2.42. The normalized spacial score (nSPS) is 17.1. The van der Waals surface area contributed by atoms with Crippen molar-refractivity contribution in [1.29, 1.82) is 0 Å². The van der Waals surface area contributed by atoms with E-state index >= 15 is 0 Å². The lowest BCUT2D eigenvalue weighted by molar-refractivity contribution is -0.126. The number of benzene rings is 1. The summed E-state index contributed by atoms with van der Waals surface area (Å²) < 4.78 is 45.4. The van der Waals surface area contributed by atoms with Gasteiger partial charge in [0.25, 0.3) is 0 Å². The summed E-state index contributed by atoms with van der Waals surface area (Å²) in [5.74, 6) is -0.510. The number of nitrogens with one attached hydrogen (secondary N) is 1. The van der Waals surface area contributed by atoms with Crippen LogP contribution in [0.1, 0.15) is 36.8 Å². The van der Waals surface area contributed by atoms with E-state index in [-0.39, 0.29) is 40.0 Å². The van der Waals surface area contributed by atoms with E-state index in [9.17, 15) is 17.6 Å². The molecule has 30 heavy (non-hydrogen) atoms. The molecule has 164 valence electrons. The Bertz CT molecular complexity index is 1010. The molecule has 0 unspecified atom stereocenters. The van der Waals surface area contributed by atoms with Gasteiger partial charge >= 0.3 is 0 Å². The molecule has 0 radical (unpaired) electrons. The third-order valence-corrected chi connectivity index (χ3v) is 8.15. The van der Waals surface area contributed by atoms with Crippen molar-refractivity contribution in [3.8, 4) is 0 Å². The second-order valence-electron chi connectivity index (χ2n) is 7.64. The smallest absolute Gasteiger partial charge is 0.248 e. The van der Waals surface area contributed by atoms with Crippen LogP contribution in [0.5, 0.6) is 0 Å². The Morgan fingerprint density at radius 3 is 2.60 bits per heavy atom. The fourth-order valence-electron chi connectivity index (χ4n) is 3.81. The fourth-order valence-corrected chi connectivity index (χ4v) is 5.81. The highest BCUT2D eigenvalue weighted by Crippen LogP contribution is 2.30. The molecule has 0 saturated carbocycles. The van der Waals surface area contributed by atoms with Crippen molar-refractivity contribution in [1.82, 2.24) is 14.8 Å². The minimum atomic E-state index is -3.67. The first kappa shape index (κ1) is 22.7. The van der Waals surface area contributed by atoms with Crippen molar-refractivity contribution >= 4 is 27.5 Å². The Morgan fingerprint density at radius 2 is 2.03 bits per heavy atom. The standard InChI is InChI=1S/C20H25ClFN3O4S/c1-12(20(26)23-11-16-4-5-17(22)10-18(16)21)15-6-8-25(9-7-15)30(27,28)19-13(2)24-29-14(19)3/h4-5,10,12,15H,6-9,11H2,1-3H3,(H,23,26)/t12-/m1/s1. The summed E-state index contributed by atoms with van der Waals surface area (Å²) in [7, 11) is -3.67. The Kier molecular flexibility index (Phi) is 6.84. The van der Waals surface area contributed by atoms with E-state index in [1.807, 2.05) is 6.92 Å². The van der Waals surface area contributed by atoms with Gasteiger partial charge in [0.05, 0.1) is 0 Å². The highest BCUT2D eigenvalue weighted by molar-refractivity contribution is 7.89. The second-order valence-corrected chi connectivity index (χ2v) is 9.92. The van der Waals surface area contributed by atoms with Crippen molar-refractivity contribution in [2.45, 2.75) is 45.1 Å². The number of rotatable bonds is 6. The van der Waals surface area contributed by atoms with Gasteiger partial charge in [0.15, 0.2) is 5.76 Å². The Hall–Kier alpha value is -1.97. The zero-order chi connectivity index (χ0) is 22.1. The maximum Gasteiger partial charge on any atom is 0.248 e. The number of aromatic nitrogens is 1. The number of sulfonamides is 1. The summed E-state index contributed by atoms with van der Waals surface area (Å²) in [5, 5.41) is 6.84. The molecular formula is C20H25ClFN3O4S. The number of hydrogen-bond acceptors (Lipinski definition) is 5. The SMILES string of the molecule is Cc1noc(C)c1S(=O)(=O)N1CCC([C@@H](C)C(=O)NCc2ccc(F)cc2Cl)CC1. The van der Waals surface area contributed by atoms with Gasteiger partial charge in [0, 0.05) is 30.6 Å². The van der Waals surface area contributed by atoms with Gasteiger partial charge in [-0.15, -0.1) is 0 Å². The van der Waals surface area contributed by atoms with Crippen molar-refractivity contribution in [3.05, 3.63) is 46.1 Å². The van der Waals surface area contributed by atoms with Gasteiger partial charge in [0.2, 0.25) is 15.9 Å². The van der Waals surface area contributed by atoms with Crippen molar-refractivity contribution in [2.24, 2.45) is 11.8 Å². The zero-order valence-corrected chi connectivity index (χ0v) is 18.7. The third kappa shape index (κ3) is 4.68. The predicted octanol–water partition coefficient (Wildman–Crippen LogP) is 3.44. The maximum absolute atomic E-state index is 13.1. The van der Waals surface area contributed by atoms with Gasteiger partial charge in [-0.3, -0.25) is 4.79 Å². The van der Waals surface area contributed by atoms with Gasteiger partial charge in [-0.1, -0.05) is 29.7 Å². The van der Waals surface area contributed by atoms with Crippen molar-refractivity contribution in [2.75, 3.05) is 13.1 Å². The molecule has 1 aliphatic rings. The van der Waals surface area contributed by atoms with Crippen molar-refractivity contribution < 1.29 is 22.1 Å². The van der Waals surface area contributed by atoms with Crippen LogP contribution in [0.25, 0.3) is 0 Å². The summed E-state index contributed by atoms with van der Waals surface area (Å²) in [6.45, 7) is 5.90. The molecule has 7 nitrogen and oxygen atoms in total. The predicted molar refractivity (Wildman–Crippen MR) is 110 cm³/mol. The highest BCUT2D eigenvalue weighted by atomic mass is 35.5. The molecule has 10 heteroatoms. The lowest BCUT2D eigenvalue weighted by Gasteiger charge is -2.33. The Labute approximate surface area is 180 Å². The molecule has 1 fully saturated rings. The maximum atomic E-state index is 13.1. The van der Waals surface area contributed by atoms with Gasteiger partial charge in [-0.2, -0.15) is 4.31 Å². The monoisotopic (exact) mass is 457 g/mol. The molecule has 2 heterocycles. The van der Waals surface area contributed by atoms with Crippen LogP contribution in [0.3, 0.4) is 0 Å².